The van der Waals surface area contributed by atoms with Gasteiger partial charge in [0.2, 0.25) is 5.13 Å². The summed E-state index contributed by atoms with van der Waals surface area (Å²) in [5, 5.41) is 4.53. The molecule has 2 fully saturated rings. The second kappa shape index (κ2) is 5.58. The largest absolute Gasteiger partial charge is 0.374 e. The Morgan fingerprint density at radius 1 is 1.47 bits per heavy atom. The molecule has 2 aliphatic heterocycles. The van der Waals surface area contributed by atoms with Crippen LogP contribution in [-0.4, -0.2) is 39.1 Å². The maximum Gasteiger partial charge on any atom is 0.202 e. The van der Waals surface area contributed by atoms with Crippen molar-refractivity contribution in [1.29, 1.82) is 0 Å². The summed E-state index contributed by atoms with van der Waals surface area (Å²) in [5.41, 5.74) is 0.131. The molecule has 1 N–H and O–H groups in total. The standard InChI is InChI=1S/C13H21N3OS2/c1-9(2)11-15-12(19-16-11)14-10-3-5-17-13(7-10)4-6-18-8-13/h9-10H,3-8H2,1-2H3,(H,14,15,16)/t10-,13+/m0/s1. The van der Waals surface area contributed by atoms with Gasteiger partial charge in [-0.1, -0.05) is 13.8 Å². The molecule has 0 bridgehead atoms. The lowest BCUT2D eigenvalue weighted by Gasteiger charge is -2.37. The third-order valence-electron chi connectivity index (χ3n) is 3.85. The SMILES string of the molecule is CC(C)c1nsc(N[C@H]2CCO[C@]3(CCSC3)C2)n1. The van der Waals surface area contributed by atoms with E-state index >= 15 is 0 Å². The Balaban J connectivity index is 1.62. The molecule has 0 radical (unpaired) electrons. The van der Waals surface area contributed by atoms with Crippen molar-refractivity contribution in [1.82, 2.24) is 9.36 Å². The molecule has 6 heteroatoms. The van der Waals surface area contributed by atoms with Crippen LogP contribution in [0.15, 0.2) is 0 Å². The average molecular weight is 299 g/mol. The van der Waals surface area contributed by atoms with Crippen LogP contribution in [0.25, 0.3) is 0 Å². The number of nitrogens with one attached hydrogen (secondary N) is 1. The number of thioether (sulfide) groups is 1. The molecule has 106 valence electrons. The van der Waals surface area contributed by atoms with E-state index in [1.807, 2.05) is 11.8 Å². The third kappa shape index (κ3) is 3.06. The topological polar surface area (TPSA) is 47.0 Å². The van der Waals surface area contributed by atoms with Gasteiger partial charge in [-0.2, -0.15) is 16.1 Å². The van der Waals surface area contributed by atoms with Crippen molar-refractivity contribution >= 4 is 28.4 Å². The summed E-state index contributed by atoms with van der Waals surface area (Å²) < 4.78 is 10.4. The van der Waals surface area contributed by atoms with Crippen LogP contribution in [0.5, 0.6) is 0 Å². The van der Waals surface area contributed by atoms with E-state index in [0.29, 0.717) is 12.0 Å². The second-order valence-electron chi connectivity index (χ2n) is 5.78. The Morgan fingerprint density at radius 2 is 2.37 bits per heavy atom. The fraction of sp³-hybridized carbons (Fsp3) is 0.846. The van der Waals surface area contributed by atoms with Gasteiger partial charge in [0.25, 0.3) is 0 Å². The highest BCUT2D eigenvalue weighted by Crippen LogP contribution is 2.39. The second-order valence-corrected chi connectivity index (χ2v) is 7.64. The van der Waals surface area contributed by atoms with Crippen molar-refractivity contribution < 1.29 is 4.74 Å². The summed E-state index contributed by atoms with van der Waals surface area (Å²) in [4.78, 5) is 4.57. The molecule has 3 rings (SSSR count). The molecule has 0 saturated carbocycles. The monoisotopic (exact) mass is 299 g/mol. The molecule has 4 nitrogen and oxygen atoms in total. The summed E-state index contributed by atoms with van der Waals surface area (Å²) in [6, 6.07) is 0.486. The molecule has 2 saturated heterocycles. The van der Waals surface area contributed by atoms with Gasteiger partial charge in [-0.15, -0.1) is 0 Å². The highest BCUT2D eigenvalue weighted by molar-refractivity contribution is 7.99. The van der Waals surface area contributed by atoms with Crippen LogP contribution in [0.3, 0.4) is 0 Å². The zero-order valence-corrected chi connectivity index (χ0v) is 13.1. The summed E-state index contributed by atoms with van der Waals surface area (Å²) in [6.45, 7) is 5.13. The van der Waals surface area contributed by atoms with Crippen molar-refractivity contribution in [2.75, 3.05) is 23.4 Å². The number of nitrogens with zero attached hydrogens (tertiary/aromatic N) is 2. The summed E-state index contributed by atoms with van der Waals surface area (Å²) >= 11 is 3.50. The normalized spacial score (nSPS) is 31.2. The van der Waals surface area contributed by atoms with E-state index in [2.05, 4.69) is 28.5 Å². The van der Waals surface area contributed by atoms with E-state index < -0.39 is 0 Å². The number of anilines is 1. The van der Waals surface area contributed by atoms with Crippen LogP contribution in [0.2, 0.25) is 0 Å². The van der Waals surface area contributed by atoms with Crippen LogP contribution in [0, 0.1) is 0 Å². The quantitative estimate of drug-likeness (QED) is 0.929. The molecule has 1 aromatic rings. The van der Waals surface area contributed by atoms with Crippen LogP contribution in [0.4, 0.5) is 5.13 Å². The van der Waals surface area contributed by atoms with Gasteiger partial charge < -0.3 is 10.1 Å². The van der Waals surface area contributed by atoms with Crippen LogP contribution >= 0.6 is 23.3 Å². The van der Waals surface area contributed by atoms with Gasteiger partial charge in [-0.05, 0) is 25.0 Å². The summed E-state index contributed by atoms with van der Waals surface area (Å²) in [7, 11) is 0. The molecular formula is C13H21N3OS2. The van der Waals surface area contributed by atoms with Crippen molar-refractivity contribution in [3.05, 3.63) is 5.82 Å². The number of ether oxygens (including phenoxy) is 1. The molecule has 0 unspecified atom stereocenters. The van der Waals surface area contributed by atoms with Gasteiger partial charge in [0, 0.05) is 35.9 Å². The van der Waals surface area contributed by atoms with Gasteiger partial charge in [0.1, 0.15) is 5.82 Å². The molecule has 3 heterocycles. The summed E-state index contributed by atoms with van der Waals surface area (Å²) in [6.07, 6.45) is 3.38. The number of aromatic nitrogens is 2. The Hall–Kier alpha value is -0.330. The molecule has 19 heavy (non-hydrogen) atoms. The van der Waals surface area contributed by atoms with Gasteiger partial charge in [-0.3, -0.25) is 0 Å². The Bertz CT molecular complexity index is 429. The van der Waals surface area contributed by atoms with E-state index in [9.17, 15) is 0 Å². The minimum atomic E-state index is 0.131. The predicted octanol–water partition coefficient (Wildman–Crippen LogP) is 3.13. The Labute approximate surface area is 122 Å². The fourth-order valence-corrected chi connectivity index (χ4v) is 4.88. The number of rotatable bonds is 3. The highest BCUT2D eigenvalue weighted by Gasteiger charge is 2.40. The van der Waals surface area contributed by atoms with Crippen LogP contribution in [-0.2, 0) is 4.74 Å². The lowest BCUT2D eigenvalue weighted by Crippen LogP contribution is -2.44. The summed E-state index contributed by atoms with van der Waals surface area (Å²) in [5.74, 6) is 3.74. The number of hydrogen-bond acceptors (Lipinski definition) is 6. The predicted molar refractivity (Wildman–Crippen MR) is 81.3 cm³/mol. The molecule has 2 atom stereocenters. The Kier molecular flexibility index (Phi) is 4.01. The lowest BCUT2D eigenvalue weighted by molar-refractivity contribution is -0.0628. The van der Waals surface area contributed by atoms with Gasteiger partial charge in [-0.25, -0.2) is 4.98 Å². The Morgan fingerprint density at radius 3 is 3.05 bits per heavy atom. The molecule has 2 aliphatic rings. The molecule has 1 aromatic heterocycles. The van der Waals surface area contributed by atoms with E-state index in [1.165, 1.54) is 23.7 Å². The van der Waals surface area contributed by atoms with E-state index in [-0.39, 0.29) is 5.60 Å². The molecule has 0 aromatic carbocycles. The first-order valence-electron chi connectivity index (χ1n) is 6.99. The molecule has 1 spiro atoms. The first kappa shape index (κ1) is 13.6. The number of hydrogen-bond donors (Lipinski definition) is 1. The maximum absolute atomic E-state index is 6.04. The third-order valence-corrected chi connectivity index (χ3v) is 5.73. The molecule has 0 aliphatic carbocycles. The first-order chi connectivity index (χ1) is 9.17. The van der Waals surface area contributed by atoms with E-state index in [0.717, 1.165) is 36.2 Å². The van der Waals surface area contributed by atoms with E-state index in [4.69, 9.17) is 4.74 Å². The lowest BCUT2D eigenvalue weighted by atomic mass is 9.90. The minimum absolute atomic E-state index is 0.131. The fourth-order valence-electron chi connectivity index (χ4n) is 2.72. The zero-order chi connectivity index (χ0) is 13.3. The van der Waals surface area contributed by atoms with Crippen molar-refractivity contribution in [3.8, 4) is 0 Å². The average Bonchev–Trinajstić information content (AvgIpc) is 3.00. The van der Waals surface area contributed by atoms with Gasteiger partial charge in [0.05, 0.1) is 5.60 Å². The minimum Gasteiger partial charge on any atom is -0.374 e. The van der Waals surface area contributed by atoms with Gasteiger partial charge >= 0.3 is 0 Å². The maximum atomic E-state index is 6.04. The molecular weight excluding hydrogens is 278 g/mol. The smallest absolute Gasteiger partial charge is 0.202 e. The van der Waals surface area contributed by atoms with Gasteiger partial charge in [0.15, 0.2) is 0 Å². The van der Waals surface area contributed by atoms with Crippen molar-refractivity contribution in [2.45, 2.75) is 50.7 Å². The van der Waals surface area contributed by atoms with Crippen molar-refractivity contribution in [3.63, 3.8) is 0 Å². The molecule has 0 amide bonds. The first-order valence-corrected chi connectivity index (χ1v) is 8.91. The van der Waals surface area contributed by atoms with Crippen LogP contribution in [0.1, 0.15) is 44.9 Å². The zero-order valence-electron chi connectivity index (χ0n) is 11.5. The van der Waals surface area contributed by atoms with E-state index in [1.54, 1.807) is 0 Å². The van der Waals surface area contributed by atoms with Crippen molar-refractivity contribution in [2.24, 2.45) is 0 Å². The van der Waals surface area contributed by atoms with Crippen LogP contribution < -0.4 is 5.32 Å². The highest BCUT2D eigenvalue weighted by atomic mass is 32.2.